The topological polar surface area (TPSA) is 59.2 Å². The second kappa shape index (κ2) is 6.30. The Morgan fingerprint density at radius 3 is 2.44 bits per heavy atom. The van der Waals surface area contributed by atoms with Crippen LogP contribution in [0.5, 0.6) is 0 Å². The van der Waals surface area contributed by atoms with Crippen LogP contribution in [-0.2, 0) is 0 Å². The summed E-state index contributed by atoms with van der Waals surface area (Å²) in [5.41, 5.74) is 5.54. The molecule has 0 unspecified atom stereocenters. The third kappa shape index (κ3) is 2.72. The van der Waals surface area contributed by atoms with Gasteiger partial charge in [-0.2, -0.15) is 4.98 Å². The van der Waals surface area contributed by atoms with Gasteiger partial charge in [-0.3, -0.25) is 0 Å². The number of aromatic nitrogens is 5. The number of piperidine rings is 1. The van der Waals surface area contributed by atoms with Gasteiger partial charge in [0.2, 0.25) is 5.95 Å². The van der Waals surface area contributed by atoms with Gasteiger partial charge in [0.15, 0.2) is 11.3 Å². The Labute approximate surface area is 157 Å². The molecule has 0 atom stereocenters. The Kier molecular flexibility index (Phi) is 3.77. The number of benzene rings is 1. The number of fused-ring (bicyclic) bond motifs is 3. The Hall–Kier alpha value is -3.02. The predicted octanol–water partition coefficient (Wildman–Crippen LogP) is 3.95. The molecule has 3 aromatic heterocycles. The monoisotopic (exact) mass is 358 g/mol. The number of rotatable bonds is 2. The largest absolute Gasteiger partial charge is 0.341 e. The van der Waals surface area contributed by atoms with E-state index in [1.807, 2.05) is 35.7 Å². The molecule has 0 amide bonds. The van der Waals surface area contributed by atoms with Gasteiger partial charge < -0.3 is 4.90 Å². The van der Waals surface area contributed by atoms with E-state index >= 15 is 0 Å². The van der Waals surface area contributed by atoms with Gasteiger partial charge in [-0.1, -0.05) is 30.3 Å². The maximum atomic E-state index is 5.00. The van der Waals surface area contributed by atoms with Gasteiger partial charge in [0.25, 0.3) is 0 Å². The highest BCUT2D eigenvalue weighted by molar-refractivity contribution is 6.01. The molecule has 6 heteroatoms. The van der Waals surface area contributed by atoms with E-state index in [9.17, 15) is 0 Å². The van der Waals surface area contributed by atoms with E-state index < -0.39 is 0 Å². The van der Waals surface area contributed by atoms with E-state index in [-0.39, 0.29) is 0 Å². The lowest BCUT2D eigenvalue weighted by Crippen LogP contribution is -2.31. The van der Waals surface area contributed by atoms with Crippen molar-refractivity contribution in [1.29, 1.82) is 0 Å². The van der Waals surface area contributed by atoms with Crippen LogP contribution in [0.2, 0.25) is 0 Å². The van der Waals surface area contributed by atoms with Crippen molar-refractivity contribution >= 4 is 22.6 Å². The van der Waals surface area contributed by atoms with Crippen molar-refractivity contribution in [3.63, 3.8) is 0 Å². The Morgan fingerprint density at radius 2 is 1.67 bits per heavy atom. The van der Waals surface area contributed by atoms with Crippen molar-refractivity contribution in [3.8, 4) is 11.3 Å². The summed E-state index contributed by atoms with van der Waals surface area (Å²) in [6, 6.07) is 12.3. The normalized spacial score (nSPS) is 15.0. The zero-order chi connectivity index (χ0) is 18.4. The second-order valence-electron chi connectivity index (χ2n) is 7.26. The quantitative estimate of drug-likeness (QED) is 0.543. The van der Waals surface area contributed by atoms with E-state index in [0.717, 1.165) is 52.7 Å². The van der Waals surface area contributed by atoms with Crippen LogP contribution in [0.25, 0.3) is 27.9 Å². The summed E-state index contributed by atoms with van der Waals surface area (Å²) in [5.74, 6) is 0.777. The van der Waals surface area contributed by atoms with Crippen LogP contribution >= 0.6 is 0 Å². The summed E-state index contributed by atoms with van der Waals surface area (Å²) in [4.78, 5) is 16.9. The molecule has 6 nitrogen and oxygen atoms in total. The van der Waals surface area contributed by atoms with E-state index in [4.69, 9.17) is 20.1 Å². The molecule has 1 aromatic carbocycles. The lowest BCUT2D eigenvalue weighted by molar-refractivity contribution is 0.569. The van der Waals surface area contributed by atoms with Crippen LogP contribution in [-0.4, -0.2) is 37.7 Å². The van der Waals surface area contributed by atoms with Gasteiger partial charge in [0, 0.05) is 30.0 Å². The summed E-state index contributed by atoms with van der Waals surface area (Å²) >= 11 is 0. The van der Waals surface area contributed by atoms with E-state index in [1.165, 1.54) is 19.3 Å². The highest BCUT2D eigenvalue weighted by Gasteiger charge is 2.21. The van der Waals surface area contributed by atoms with Crippen molar-refractivity contribution in [2.45, 2.75) is 33.1 Å². The van der Waals surface area contributed by atoms with Crippen LogP contribution < -0.4 is 4.90 Å². The Balaban J connectivity index is 1.84. The average molecular weight is 358 g/mol. The molecular weight excluding hydrogens is 336 g/mol. The average Bonchev–Trinajstić information content (AvgIpc) is 3.07. The molecule has 0 aliphatic carbocycles. The highest BCUT2D eigenvalue weighted by atomic mass is 15.3. The zero-order valence-corrected chi connectivity index (χ0v) is 15.7. The SMILES string of the molecule is Cc1cc(C)n2nc3nc(N4CCCCC4)nc(-c4ccccc4)c3c2n1. The third-order valence-electron chi connectivity index (χ3n) is 5.22. The molecule has 1 aliphatic heterocycles. The molecule has 27 heavy (non-hydrogen) atoms. The fraction of sp³-hybridized carbons (Fsp3) is 0.333. The maximum absolute atomic E-state index is 5.00. The fourth-order valence-electron chi connectivity index (χ4n) is 3.92. The van der Waals surface area contributed by atoms with E-state index in [2.05, 4.69) is 24.0 Å². The van der Waals surface area contributed by atoms with Crippen molar-refractivity contribution < 1.29 is 0 Å². The molecule has 1 fully saturated rings. The van der Waals surface area contributed by atoms with E-state index in [0.29, 0.717) is 5.65 Å². The molecule has 0 saturated carbocycles. The smallest absolute Gasteiger partial charge is 0.228 e. The standard InChI is InChI=1S/C21H22N6/c1-14-13-15(2)27-20(22-14)17-18(16-9-5-3-6-10-16)23-21(24-19(17)25-27)26-11-7-4-8-12-26/h3,5-6,9-10,13H,4,7-8,11-12H2,1-2H3. The zero-order valence-electron chi connectivity index (χ0n) is 15.7. The van der Waals surface area contributed by atoms with Gasteiger partial charge in [-0.15, -0.1) is 5.10 Å². The molecule has 0 N–H and O–H groups in total. The first kappa shape index (κ1) is 16.2. The molecule has 1 saturated heterocycles. The third-order valence-corrected chi connectivity index (χ3v) is 5.22. The summed E-state index contributed by atoms with van der Waals surface area (Å²) in [6.07, 6.45) is 3.65. The number of hydrogen-bond donors (Lipinski definition) is 0. The number of aryl methyl sites for hydroxylation is 2. The van der Waals surface area contributed by atoms with Gasteiger partial charge >= 0.3 is 0 Å². The molecule has 136 valence electrons. The Morgan fingerprint density at radius 1 is 0.889 bits per heavy atom. The van der Waals surface area contributed by atoms with Crippen LogP contribution in [0.3, 0.4) is 0 Å². The minimum Gasteiger partial charge on any atom is -0.341 e. The van der Waals surface area contributed by atoms with Gasteiger partial charge in [-0.05, 0) is 39.2 Å². The molecule has 0 radical (unpaired) electrons. The maximum Gasteiger partial charge on any atom is 0.228 e. The van der Waals surface area contributed by atoms with Gasteiger partial charge in [0.05, 0.1) is 11.1 Å². The molecule has 1 aliphatic rings. The molecule has 4 aromatic rings. The van der Waals surface area contributed by atoms with Crippen LogP contribution in [0, 0.1) is 13.8 Å². The first-order chi connectivity index (χ1) is 13.2. The van der Waals surface area contributed by atoms with Crippen molar-refractivity contribution in [2.24, 2.45) is 0 Å². The fourth-order valence-corrected chi connectivity index (χ4v) is 3.92. The summed E-state index contributed by atoms with van der Waals surface area (Å²) < 4.78 is 1.89. The first-order valence-electron chi connectivity index (χ1n) is 9.56. The summed E-state index contributed by atoms with van der Waals surface area (Å²) in [6.45, 7) is 6.07. The van der Waals surface area contributed by atoms with Crippen LogP contribution in [0.1, 0.15) is 30.7 Å². The van der Waals surface area contributed by atoms with Crippen molar-refractivity contribution in [1.82, 2.24) is 24.6 Å². The molecule has 0 spiro atoms. The molecule has 0 bridgehead atoms. The summed E-state index contributed by atoms with van der Waals surface area (Å²) in [7, 11) is 0. The number of nitrogens with zero attached hydrogens (tertiary/aromatic N) is 6. The predicted molar refractivity (Wildman–Crippen MR) is 107 cm³/mol. The lowest BCUT2D eigenvalue weighted by Gasteiger charge is -2.26. The molecule has 4 heterocycles. The molecular formula is C21H22N6. The Bertz CT molecular complexity index is 1130. The van der Waals surface area contributed by atoms with E-state index in [1.54, 1.807) is 0 Å². The van der Waals surface area contributed by atoms with Crippen molar-refractivity contribution in [2.75, 3.05) is 18.0 Å². The lowest BCUT2D eigenvalue weighted by atomic mass is 10.1. The summed E-state index contributed by atoms with van der Waals surface area (Å²) in [5, 5.41) is 5.70. The number of anilines is 1. The number of hydrogen-bond acceptors (Lipinski definition) is 5. The van der Waals surface area contributed by atoms with Crippen molar-refractivity contribution in [3.05, 3.63) is 47.8 Å². The highest BCUT2D eigenvalue weighted by Crippen LogP contribution is 2.31. The van der Waals surface area contributed by atoms with Crippen LogP contribution in [0.15, 0.2) is 36.4 Å². The molecule has 5 rings (SSSR count). The van der Waals surface area contributed by atoms with Crippen LogP contribution in [0.4, 0.5) is 5.95 Å². The second-order valence-corrected chi connectivity index (χ2v) is 7.26. The van der Waals surface area contributed by atoms with Gasteiger partial charge in [-0.25, -0.2) is 14.5 Å². The minimum atomic E-state index is 0.714. The van der Waals surface area contributed by atoms with Gasteiger partial charge in [0.1, 0.15) is 0 Å². The first-order valence-corrected chi connectivity index (χ1v) is 9.56. The minimum absolute atomic E-state index is 0.714.